The Morgan fingerprint density at radius 3 is 2.67 bits per heavy atom. The molecule has 1 atom stereocenters. The molecule has 40 heavy (non-hydrogen) atoms. The van der Waals surface area contributed by atoms with Gasteiger partial charge in [-0.05, 0) is 49.4 Å². The third-order valence-electron chi connectivity index (χ3n) is 6.91. The molecule has 0 bridgehead atoms. The molecule has 1 saturated heterocycles. The minimum absolute atomic E-state index is 0.0670. The number of piperazine rings is 1. The number of methoxy groups -OCH3 is 1. The van der Waals surface area contributed by atoms with Gasteiger partial charge in [-0.3, -0.25) is 14.4 Å². The fraction of sp³-hybridized carbons (Fsp3) is 0.357. The van der Waals surface area contributed by atoms with E-state index in [1.54, 1.807) is 24.1 Å². The van der Waals surface area contributed by atoms with Gasteiger partial charge in [0.25, 0.3) is 17.4 Å². The van der Waals surface area contributed by atoms with Gasteiger partial charge in [0, 0.05) is 44.5 Å². The normalized spacial score (nSPS) is 15.2. The number of hydrogen-bond donors (Lipinski definition) is 3. The lowest BCUT2D eigenvalue weighted by molar-refractivity contribution is 0.0720. The molecule has 0 radical (unpaired) electrons. The smallest absolute Gasteiger partial charge is 0.262 e. The molecule has 3 N–H and O–H groups in total. The number of anilines is 1. The van der Waals surface area contributed by atoms with Crippen LogP contribution in [0.1, 0.15) is 34.1 Å². The van der Waals surface area contributed by atoms with E-state index in [1.165, 1.54) is 25.6 Å². The number of carbonyl (C=O) groups excluding carboxylic acids is 2. The van der Waals surface area contributed by atoms with E-state index >= 15 is 0 Å². The SMILES string of the molecule is CC[C@@H]1CN(C(=O)c2ccc(F)cc2Cl)CCN1c1ccc(-c2c(OC)nc[nH]c2=O)cc1C(=O)NCCNC. The van der Waals surface area contributed by atoms with Gasteiger partial charge in [-0.25, -0.2) is 9.37 Å². The first-order valence-electron chi connectivity index (χ1n) is 13.0. The maximum atomic E-state index is 13.5. The first-order chi connectivity index (χ1) is 19.3. The van der Waals surface area contributed by atoms with Crippen LogP contribution in [0.3, 0.4) is 0 Å². The average Bonchev–Trinajstić information content (AvgIpc) is 2.96. The summed E-state index contributed by atoms with van der Waals surface area (Å²) in [5.41, 5.74) is 1.64. The van der Waals surface area contributed by atoms with E-state index in [4.69, 9.17) is 16.3 Å². The summed E-state index contributed by atoms with van der Waals surface area (Å²) >= 11 is 6.16. The van der Waals surface area contributed by atoms with Crippen LogP contribution >= 0.6 is 11.6 Å². The maximum absolute atomic E-state index is 13.5. The quantitative estimate of drug-likeness (QED) is 0.338. The lowest BCUT2D eigenvalue weighted by Crippen LogP contribution is -2.55. The molecular weight excluding hydrogens is 539 g/mol. The van der Waals surface area contributed by atoms with Gasteiger partial charge in [0.15, 0.2) is 0 Å². The summed E-state index contributed by atoms with van der Waals surface area (Å²) in [4.78, 5) is 49.8. The van der Waals surface area contributed by atoms with Crippen LogP contribution in [-0.2, 0) is 0 Å². The van der Waals surface area contributed by atoms with Crippen LogP contribution in [0.4, 0.5) is 10.1 Å². The van der Waals surface area contributed by atoms with Crippen molar-refractivity contribution in [1.29, 1.82) is 0 Å². The lowest BCUT2D eigenvalue weighted by atomic mass is 9.99. The number of halogens is 2. The van der Waals surface area contributed by atoms with Gasteiger partial charge in [0.1, 0.15) is 11.4 Å². The Balaban J connectivity index is 1.68. The Hall–Kier alpha value is -3.96. The van der Waals surface area contributed by atoms with Gasteiger partial charge in [-0.15, -0.1) is 0 Å². The Bertz CT molecular complexity index is 1450. The number of benzene rings is 2. The van der Waals surface area contributed by atoms with Crippen LogP contribution in [0, 0.1) is 5.82 Å². The molecule has 10 nitrogen and oxygen atoms in total. The topological polar surface area (TPSA) is 120 Å². The Morgan fingerprint density at radius 2 is 1.98 bits per heavy atom. The molecule has 0 spiro atoms. The van der Waals surface area contributed by atoms with Crippen molar-refractivity contribution in [2.75, 3.05) is 51.8 Å². The second-order valence-corrected chi connectivity index (χ2v) is 9.75. The summed E-state index contributed by atoms with van der Waals surface area (Å²) < 4.78 is 18.8. The first-order valence-corrected chi connectivity index (χ1v) is 13.4. The monoisotopic (exact) mass is 570 g/mol. The highest BCUT2D eigenvalue weighted by atomic mass is 35.5. The zero-order valence-corrected chi connectivity index (χ0v) is 23.3. The van der Waals surface area contributed by atoms with E-state index in [9.17, 15) is 18.8 Å². The molecular formula is C28H32ClFN6O4. The lowest BCUT2D eigenvalue weighted by Gasteiger charge is -2.43. The molecule has 212 valence electrons. The molecule has 1 aliphatic heterocycles. The molecule has 3 aromatic rings. The summed E-state index contributed by atoms with van der Waals surface area (Å²) in [5.74, 6) is -0.923. The fourth-order valence-electron chi connectivity index (χ4n) is 4.85. The van der Waals surface area contributed by atoms with E-state index in [2.05, 4.69) is 25.5 Å². The third kappa shape index (κ3) is 6.10. The highest BCUT2D eigenvalue weighted by Gasteiger charge is 2.32. The van der Waals surface area contributed by atoms with Gasteiger partial charge in [0.2, 0.25) is 5.88 Å². The summed E-state index contributed by atoms with van der Waals surface area (Å²) in [5, 5.41) is 5.99. The van der Waals surface area contributed by atoms with Gasteiger partial charge in [-0.1, -0.05) is 24.6 Å². The van der Waals surface area contributed by atoms with Crippen LogP contribution in [0.2, 0.25) is 5.02 Å². The van der Waals surface area contributed by atoms with Crippen molar-refractivity contribution in [3.63, 3.8) is 0 Å². The Labute approximate surface area is 236 Å². The molecule has 2 heterocycles. The number of nitrogens with zero attached hydrogens (tertiary/aromatic N) is 3. The molecule has 1 aromatic heterocycles. The maximum Gasteiger partial charge on any atom is 0.262 e. The molecule has 0 unspecified atom stereocenters. The van der Waals surface area contributed by atoms with E-state index in [0.717, 1.165) is 6.07 Å². The largest absolute Gasteiger partial charge is 0.480 e. The molecule has 12 heteroatoms. The highest BCUT2D eigenvalue weighted by molar-refractivity contribution is 6.33. The van der Waals surface area contributed by atoms with Gasteiger partial charge in [-0.2, -0.15) is 0 Å². The highest BCUT2D eigenvalue weighted by Crippen LogP contribution is 2.33. The molecule has 1 aliphatic rings. The van der Waals surface area contributed by atoms with Crippen molar-refractivity contribution in [3.05, 3.63) is 75.0 Å². The summed E-state index contributed by atoms with van der Waals surface area (Å²) in [6.45, 7) is 4.23. The standard InChI is InChI=1S/C28H32ClFN6O4/c1-4-19-15-35(28(39)20-7-6-18(30)14-22(20)29)11-12-36(19)23-8-5-17(13-21(23)25(37)32-10-9-31-2)24-26(38)33-16-34-27(24)40-3/h5-8,13-14,16,19,31H,4,9-12,15H2,1-3H3,(H,32,37)(H,33,34,38)/t19-/m1/s1. The molecule has 0 saturated carbocycles. The van der Waals surface area contributed by atoms with E-state index < -0.39 is 5.82 Å². The number of nitrogens with one attached hydrogen (secondary N) is 3. The molecule has 1 fully saturated rings. The minimum atomic E-state index is -0.507. The first kappa shape index (κ1) is 29.0. The fourth-order valence-corrected chi connectivity index (χ4v) is 5.10. The van der Waals surface area contributed by atoms with Crippen molar-refractivity contribution in [2.45, 2.75) is 19.4 Å². The predicted molar refractivity (Wildman–Crippen MR) is 152 cm³/mol. The van der Waals surface area contributed by atoms with E-state index in [-0.39, 0.29) is 45.4 Å². The molecule has 0 aliphatic carbocycles. The summed E-state index contributed by atoms with van der Waals surface area (Å²) in [7, 11) is 3.22. The third-order valence-corrected chi connectivity index (χ3v) is 7.23. The zero-order valence-electron chi connectivity index (χ0n) is 22.6. The van der Waals surface area contributed by atoms with Gasteiger partial charge >= 0.3 is 0 Å². The van der Waals surface area contributed by atoms with Crippen molar-refractivity contribution in [1.82, 2.24) is 25.5 Å². The summed E-state index contributed by atoms with van der Waals surface area (Å²) in [6, 6.07) is 8.88. The average molecular weight is 571 g/mol. The Morgan fingerprint density at radius 1 is 1.18 bits per heavy atom. The minimum Gasteiger partial charge on any atom is -0.480 e. The zero-order chi connectivity index (χ0) is 28.8. The van der Waals surface area contributed by atoms with Crippen LogP contribution in [0.15, 0.2) is 47.5 Å². The number of aromatic nitrogens is 2. The van der Waals surface area contributed by atoms with Crippen molar-refractivity contribution in [3.8, 4) is 17.0 Å². The van der Waals surface area contributed by atoms with Crippen LogP contribution in [0.5, 0.6) is 5.88 Å². The molecule has 2 amide bonds. The van der Waals surface area contributed by atoms with Crippen molar-refractivity contribution >= 4 is 29.1 Å². The number of hydrogen-bond acceptors (Lipinski definition) is 7. The Kier molecular flexibility index (Phi) is 9.38. The second kappa shape index (κ2) is 12.9. The van der Waals surface area contributed by atoms with Gasteiger partial charge < -0.3 is 30.2 Å². The van der Waals surface area contributed by atoms with Crippen LogP contribution in [-0.4, -0.2) is 79.6 Å². The number of ether oxygens (including phenoxy) is 1. The van der Waals surface area contributed by atoms with Crippen molar-refractivity contribution in [2.24, 2.45) is 0 Å². The van der Waals surface area contributed by atoms with Crippen LogP contribution < -0.4 is 25.8 Å². The number of rotatable bonds is 9. The summed E-state index contributed by atoms with van der Waals surface area (Å²) in [6.07, 6.45) is 1.95. The number of aromatic amines is 1. The van der Waals surface area contributed by atoms with Crippen molar-refractivity contribution < 1.29 is 18.7 Å². The predicted octanol–water partition coefficient (Wildman–Crippen LogP) is 2.93. The number of amides is 2. The number of H-pyrrole nitrogens is 1. The molecule has 4 rings (SSSR count). The van der Waals surface area contributed by atoms with Gasteiger partial charge in [0.05, 0.1) is 29.6 Å². The number of carbonyl (C=O) groups is 2. The second-order valence-electron chi connectivity index (χ2n) is 9.34. The van der Waals surface area contributed by atoms with Crippen LogP contribution in [0.25, 0.3) is 11.1 Å². The van der Waals surface area contributed by atoms with E-state index in [0.29, 0.717) is 56.0 Å². The number of likely N-dealkylation sites (N-methyl/N-ethyl adjacent to an activating group) is 1. The van der Waals surface area contributed by atoms with E-state index in [1.807, 2.05) is 13.0 Å². The molecule has 2 aromatic carbocycles.